The van der Waals surface area contributed by atoms with Crippen LogP contribution >= 0.6 is 0 Å². The van der Waals surface area contributed by atoms with Crippen LogP contribution in [0.2, 0.25) is 0 Å². The maximum absolute atomic E-state index is 10.9. The van der Waals surface area contributed by atoms with Crippen molar-refractivity contribution >= 4 is 5.97 Å². The zero-order valence-electron chi connectivity index (χ0n) is 8.87. The number of rotatable bonds is 1. The molecule has 0 aliphatic carbocycles. The smallest absolute Gasteiger partial charge is 0.308 e. The third kappa shape index (κ3) is 1.88. The van der Waals surface area contributed by atoms with Gasteiger partial charge >= 0.3 is 5.97 Å². The van der Waals surface area contributed by atoms with Crippen molar-refractivity contribution in [2.24, 2.45) is 0 Å². The molecule has 1 aromatic rings. The Labute approximate surface area is 87.8 Å². The molecule has 0 aromatic heterocycles. The molecule has 4 nitrogen and oxygen atoms in total. The van der Waals surface area contributed by atoms with Crippen molar-refractivity contribution in [1.29, 1.82) is 0 Å². The summed E-state index contributed by atoms with van der Waals surface area (Å²) < 4.78 is 16.0. The maximum Gasteiger partial charge on any atom is 0.308 e. The summed E-state index contributed by atoms with van der Waals surface area (Å²) in [5.74, 6) is 0.386. The second-order valence-electron chi connectivity index (χ2n) is 3.78. The quantitative estimate of drug-likeness (QED) is 0.523. The lowest BCUT2D eigenvalue weighted by atomic mass is 10.3. The van der Waals surface area contributed by atoms with Gasteiger partial charge in [0.25, 0.3) is 0 Å². The van der Waals surface area contributed by atoms with Gasteiger partial charge in [0.15, 0.2) is 11.5 Å². The Morgan fingerprint density at radius 3 is 2.73 bits per heavy atom. The lowest BCUT2D eigenvalue weighted by Gasteiger charge is -2.16. The van der Waals surface area contributed by atoms with Crippen LogP contribution < -0.4 is 14.2 Å². The molecule has 0 fully saturated rings. The predicted octanol–water partition coefficient (Wildman–Crippen LogP) is 2.12. The number of para-hydroxylation sites is 1. The van der Waals surface area contributed by atoms with Gasteiger partial charge in [-0.05, 0) is 12.1 Å². The molecule has 0 amide bonds. The molecule has 2 rings (SSSR count). The third-order valence-electron chi connectivity index (χ3n) is 1.90. The monoisotopic (exact) mass is 208 g/mol. The van der Waals surface area contributed by atoms with Gasteiger partial charge in [-0.1, -0.05) is 6.07 Å². The summed E-state index contributed by atoms with van der Waals surface area (Å²) in [7, 11) is 0. The highest BCUT2D eigenvalue weighted by Crippen LogP contribution is 2.45. The lowest BCUT2D eigenvalue weighted by Crippen LogP contribution is -2.29. The Morgan fingerprint density at radius 2 is 2.07 bits per heavy atom. The second kappa shape index (κ2) is 3.15. The summed E-state index contributed by atoms with van der Waals surface area (Å²) in [5, 5.41) is 0. The molecule has 1 heterocycles. The molecule has 1 aliphatic heterocycles. The van der Waals surface area contributed by atoms with E-state index in [1.807, 2.05) is 0 Å². The number of benzene rings is 1. The summed E-state index contributed by atoms with van der Waals surface area (Å²) in [5.41, 5.74) is 0. The molecule has 4 heteroatoms. The van der Waals surface area contributed by atoms with Crippen LogP contribution in [0.1, 0.15) is 20.8 Å². The molecular formula is C11H12O4. The average molecular weight is 208 g/mol. The van der Waals surface area contributed by atoms with Gasteiger partial charge in [-0.25, -0.2) is 0 Å². The van der Waals surface area contributed by atoms with Gasteiger partial charge in [-0.2, -0.15) is 0 Å². The van der Waals surface area contributed by atoms with Crippen molar-refractivity contribution in [3.05, 3.63) is 18.2 Å². The Bertz CT molecular complexity index is 409. The highest BCUT2D eigenvalue weighted by molar-refractivity contribution is 5.71. The number of ether oxygens (including phenoxy) is 3. The van der Waals surface area contributed by atoms with Crippen LogP contribution in [-0.4, -0.2) is 11.8 Å². The van der Waals surface area contributed by atoms with Crippen molar-refractivity contribution in [2.75, 3.05) is 0 Å². The van der Waals surface area contributed by atoms with Gasteiger partial charge in [0, 0.05) is 20.8 Å². The molecule has 0 atom stereocenters. The maximum atomic E-state index is 10.9. The minimum atomic E-state index is -0.710. The van der Waals surface area contributed by atoms with E-state index in [1.165, 1.54) is 6.92 Å². The van der Waals surface area contributed by atoms with Crippen LogP contribution in [0.4, 0.5) is 0 Å². The highest BCUT2D eigenvalue weighted by Gasteiger charge is 2.34. The molecule has 0 unspecified atom stereocenters. The fourth-order valence-electron chi connectivity index (χ4n) is 1.44. The van der Waals surface area contributed by atoms with Crippen LogP contribution in [0.15, 0.2) is 18.2 Å². The van der Waals surface area contributed by atoms with E-state index < -0.39 is 5.79 Å². The largest absolute Gasteiger partial charge is 0.449 e. The molecule has 1 aromatic carbocycles. The van der Waals surface area contributed by atoms with Crippen molar-refractivity contribution in [3.8, 4) is 17.2 Å². The second-order valence-corrected chi connectivity index (χ2v) is 3.78. The van der Waals surface area contributed by atoms with Crippen molar-refractivity contribution in [2.45, 2.75) is 26.6 Å². The summed E-state index contributed by atoms with van der Waals surface area (Å²) in [6.45, 7) is 4.94. The van der Waals surface area contributed by atoms with Gasteiger partial charge < -0.3 is 14.2 Å². The van der Waals surface area contributed by atoms with Crippen LogP contribution in [0, 0.1) is 0 Å². The fraction of sp³-hybridized carbons (Fsp3) is 0.364. The summed E-state index contributed by atoms with van der Waals surface area (Å²) in [6, 6.07) is 5.20. The lowest BCUT2D eigenvalue weighted by molar-refractivity contribution is -0.132. The zero-order chi connectivity index (χ0) is 11.1. The summed E-state index contributed by atoms with van der Waals surface area (Å²) in [6.07, 6.45) is 0. The normalized spacial score (nSPS) is 16.2. The molecule has 0 spiro atoms. The summed E-state index contributed by atoms with van der Waals surface area (Å²) in [4.78, 5) is 10.9. The molecule has 0 saturated heterocycles. The molecule has 0 radical (unpaired) electrons. The number of carbonyl (C=O) groups is 1. The van der Waals surface area contributed by atoms with E-state index in [0.717, 1.165) is 0 Å². The number of fused-ring (bicyclic) bond motifs is 1. The highest BCUT2D eigenvalue weighted by atomic mass is 16.7. The first-order valence-corrected chi connectivity index (χ1v) is 4.67. The first-order chi connectivity index (χ1) is 6.98. The molecule has 1 aliphatic rings. The number of hydrogen-bond donors (Lipinski definition) is 0. The van der Waals surface area contributed by atoms with E-state index in [-0.39, 0.29) is 5.97 Å². The average Bonchev–Trinajstić information content (AvgIpc) is 2.39. The minimum Gasteiger partial charge on any atom is -0.449 e. The Balaban J connectivity index is 2.37. The molecule has 0 N–H and O–H groups in total. The number of hydrogen-bond acceptors (Lipinski definition) is 4. The fourth-order valence-corrected chi connectivity index (χ4v) is 1.44. The van der Waals surface area contributed by atoms with Crippen molar-refractivity contribution in [1.82, 2.24) is 0 Å². The Morgan fingerprint density at radius 1 is 1.33 bits per heavy atom. The molecule has 0 bridgehead atoms. The van der Waals surface area contributed by atoms with Gasteiger partial charge in [0.2, 0.25) is 11.5 Å². The van der Waals surface area contributed by atoms with Crippen molar-refractivity contribution < 1.29 is 19.0 Å². The van der Waals surface area contributed by atoms with Gasteiger partial charge in [-0.15, -0.1) is 0 Å². The van der Waals surface area contributed by atoms with Crippen LogP contribution in [0.25, 0.3) is 0 Å². The molecule has 80 valence electrons. The minimum absolute atomic E-state index is 0.378. The number of esters is 1. The SMILES string of the molecule is CC(=O)Oc1cccc2c1OC(C)(C)O2. The van der Waals surface area contributed by atoms with Crippen LogP contribution in [0.5, 0.6) is 17.2 Å². The Kier molecular flexibility index (Phi) is 2.07. The summed E-state index contributed by atoms with van der Waals surface area (Å²) >= 11 is 0. The molecule has 15 heavy (non-hydrogen) atoms. The van der Waals surface area contributed by atoms with Crippen molar-refractivity contribution in [3.63, 3.8) is 0 Å². The Hall–Kier alpha value is -1.71. The third-order valence-corrected chi connectivity index (χ3v) is 1.90. The van der Waals surface area contributed by atoms with E-state index in [0.29, 0.717) is 17.2 Å². The van der Waals surface area contributed by atoms with E-state index in [2.05, 4.69) is 0 Å². The zero-order valence-corrected chi connectivity index (χ0v) is 8.87. The standard InChI is InChI=1S/C11H12O4/c1-7(12)13-8-5-4-6-9-10(8)15-11(2,3)14-9/h4-6H,1-3H3. The van der Waals surface area contributed by atoms with E-state index >= 15 is 0 Å². The van der Waals surface area contributed by atoms with E-state index in [4.69, 9.17) is 14.2 Å². The first kappa shape index (κ1) is 9.83. The van der Waals surface area contributed by atoms with E-state index in [1.54, 1.807) is 32.0 Å². The molecule has 0 saturated carbocycles. The molecular weight excluding hydrogens is 196 g/mol. The predicted molar refractivity (Wildman–Crippen MR) is 53.1 cm³/mol. The van der Waals surface area contributed by atoms with Gasteiger partial charge in [0.05, 0.1) is 0 Å². The first-order valence-electron chi connectivity index (χ1n) is 4.67. The van der Waals surface area contributed by atoms with E-state index in [9.17, 15) is 4.79 Å². The topological polar surface area (TPSA) is 44.8 Å². The van der Waals surface area contributed by atoms with Crippen LogP contribution in [-0.2, 0) is 4.79 Å². The van der Waals surface area contributed by atoms with Gasteiger partial charge in [-0.3, -0.25) is 4.79 Å². The van der Waals surface area contributed by atoms with Crippen LogP contribution in [0.3, 0.4) is 0 Å². The number of carbonyl (C=O) groups excluding carboxylic acids is 1. The van der Waals surface area contributed by atoms with Gasteiger partial charge in [0.1, 0.15) is 0 Å².